The normalized spacial score (nSPS) is 21.2. The van der Waals surface area contributed by atoms with Crippen molar-refractivity contribution >= 4 is 21.8 Å². The van der Waals surface area contributed by atoms with E-state index in [-0.39, 0.29) is 30.5 Å². The van der Waals surface area contributed by atoms with Crippen LogP contribution in [0.3, 0.4) is 0 Å². The van der Waals surface area contributed by atoms with Crippen LogP contribution in [0.15, 0.2) is 6.20 Å². The molecule has 0 aromatic carbocycles. The number of aliphatic hydroxyl groups is 1. The summed E-state index contributed by atoms with van der Waals surface area (Å²) in [6.45, 7) is 5.69. The first-order chi connectivity index (χ1) is 13.3. The SMILES string of the molecule is CNC(=O)[C@@H]1C[C@@H](O)CN1C(=O)[C@@H](n1cc(CCCS(N)(=O)=O)nn1)C(C)(C)C. The number of hydrogen-bond acceptors (Lipinski definition) is 7. The molecule has 11 nitrogen and oxygen atoms in total. The summed E-state index contributed by atoms with van der Waals surface area (Å²) < 4.78 is 23.6. The lowest BCUT2D eigenvalue weighted by atomic mass is 9.85. The zero-order valence-corrected chi connectivity index (χ0v) is 18.0. The van der Waals surface area contributed by atoms with Crippen LogP contribution in [0, 0.1) is 5.41 Å². The standard InChI is InChI=1S/C17H30N6O5S/c1-17(2,3)14(16(26)22-10-12(24)8-13(22)15(25)19-4)23-9-11(20-21-23)6-5-7-29(18,27)28/h9,12-14,24H,5-8,10H2,1-4H3,(H,19,25)(H2,18,27,28)/t12-,13+,14-/m1/s1. The third-order valence-corrected chi connectivity index (χ3v) is 5.71. The summed E-state index contributed by atoms with van der Waals surface area (Å²) in [7, 11) is -2.06. The number of aliphatic hydroxyl groups excluding tert-OH is 1. The molecule has 1 aliphatic rings. The molecule has 0 aliphatic carbocycles. The van der Waals surface area contributed by atoms with E-state index in [0.29, 0.717) is 18.5 Å². The van der Waals surface area contributed by atoms with E-state index in [1.807, 2.05) is 20.8 Å². The number of likely N-dealkylation sites (tertiary alicyclic amines) is 1. The Morgan fingerprint density at radius 2 is 2.07 bits per heavy atom. The Kier molecular flexibility index (Phi) is 7.01. The molecule has 0 spiro atoms. The van der Waals surface area contributed by atoms with Gasteiger partial charge in [-0.05, 0) is 18.3 Å². The van der Waals surface area contributed by atoms with Gasteiger partial charge in [0.2, 0.25) is 21.8 Å². The van der Waals surface area contributed by atoms with E-state index in [1.165, 1.54) is 16.6 Å². The van der Waals surface area contributed by atoms with Crippen molar-refractivity contribution in [1.29, 1.82) is 0 Å². The monoisotopic (exact) mass is 430 g/mol. The average Bonchev–Trinajstić information content (AvgIpc) is 3.18. The zero-order valence-electron chi connectivity index (χ0n) is 17.2. The highest BCUT2D eigenvalue weighted by Gasteiger charge is 2.44. The minimum atomic E-state index is -3.55. The van der Waals surface area contributed by atoms with E-state index in [1.54, 1.807) is 6.20 Å². The molecular weight excluding hydrogens is 400 g/mol. The van der Waals surface area contributed by atoms with Crippen LogP contribution in [0.2, 0.25) is 0 Å². The van der Waals surface area contributed by atoms with Crippen molar-refractivity contribution in [3.8, 4) is 0 Å². The fraction of sp³-hybridized carbons (Fsp3) is 0.765. The first-order valence-electron chi connectivity index (χ1n) is 9.45. The minimum absolute atomic E-state index is 0.0689. The largest absolute Gasteiger partial charge is 0.391 e. The Hall–Kier alpha value is -2.05. The van der Waals surface area contributed by atoms with Gasteiger partial charge in [0.15, 0.2) is 0 Å². The first-order valence-corrected chi connectivity index (χ1v) is 11.2. The number of sulfonamides is 1. The highest BCUT2D eigenvalue weighted by atomic mass is 32.2. The Morgan fingerprint density at radius 3 is 2.62 bits per heavy atom. The summed E-state index contributed by atoms with van der Waals surface area (Å²) >= 11 is 0. The number of hydrogen-bond donors (Lipinski definition) is 3. The summed E-state index contributed by atoms with van der Waals surface area (Å²) in [6.07, 6.45) is 1.66. The number of likely N-dealkylation sites (N-methyl/N-ethyl adjacent to an activating group) is 1. The molecule has 1 aromatic heterocycles. The van der Waals surface area contributed by atoms with Crippen LogP contribution in [0.1, 0.15) is 45.3 Å². The number of aromatic nitrogens is 3. The summed E-state index contributed by atoms with van der Waals surface area (Å²) in [5.41, 5.74) is -0.0105. The van der Waals surface area contributed by atoms with Crippen LogP contribution in [-0.2, 0) is 26.0 Å². The third-order valence-electron chi connectivity index (χ3n) is 4.85. The molecule has 0 saturated carbocycles. The second-order valence-corrected chi connectivity index (χ2v) is 10.2. The predicted molar refractivity (Wildman–Crippen MR) is 105 cm³/mol. The molecule has 3 atom stereocenters. The van der Waals surface area contributed by atoms with E-state index in [4.69, 9.17) is 5.14 Å². The molecule has 2 rings (SSSR count). The maximum absolute atomic E-state index is 13.4. The summed E-state index contributed by atoms with van der Waals surface area (Å²) in [4.78, 5) is 26.9. The van der Waals surface area contributed by atoms with Gasteiger partial charge in [-0.25, -0.2) is 18.2 Å². The van der Waals surface area contributed by atoms with E-state index in [0.717, 1.165) is 0 Å². The number of rotatable bonds is 7. The molecule has 1 saturated heterocycles. The minimum Gasteiger partial charge on any atom is -0.391 e. The molecule has 1 fully saturated rings. The topological polar surface area (TPSA) is 161 Å². The summed E-state index contributed by atoms with van der Waals surface area (Å²) in [5.74, 6) is -0.825. The molecule has 2 heterocycles. The van der Waals surface area contributed by atoms with Gasteiger partial charge in [0.25, 0.3) is 0 Å². The number of aryl methyl sites for hydroxylation is 1. The average molecular weight is 431 g/mol. The predicted octanol–water partition coefficient (Wildman–Crippen LogP) is -1.21. The number of β-amino-alcohol motifs (C(OH)–C–C–N with tert-alkyl or cyclic N) is 1. The molecule has 0 radical (unpaired) electrons. The van der Waals surface area contributed by atoms with Gasteiger partial charge in [-0.2, -0.15) is 0 Å². The quantitative estimate of drug-likeness (QED) is 0.489. The molecule has 12 heteroatoms. The van der Waals surface area contributed by atoms with E-state index in [2.05, 4.69) is 15.6 Å². The van der Waals surface area contributed by atoms with Crippen molar-refractivity contribution in [1.82, 2.24) is 25.2 Å². The van der Waals surface area contributed by atoms with E-state index >= 15 is 0 Å². The van der Waals surface area contributed by atoms with Gasteiger partial charge < -0.3 is 15.3 Å². The number of carbonyl (C=O) groups is 2. The van der Waals surface area contributed by atoms with Crippen molar-refractivity contribution in [3.63, 3.8) is 0 Å². The number of primary sulfonamides is 1. The third kappa shape index (κ3) is 5.97. The number of amides is 2. The van der Waals surface area contributed by atoms with Crippen LogP contribution in [0.5, 0.6) is 0 Å². The fourth-order valence-electron chi connectivity index (χ4n) is 3.52. The van der Waals surface area contributed by atoms with Crippen molar-refractivity contribution in [2.24, 2.45) is 10.6 Å². The second-order valence-electron chi connectivity index (χ2n) is 8.44. The van der Waals surface area contributed by atoms with Gasteiger partial charge in [-0.1, -0.05) is 26.0 Å². The maximum atomic E-state index is 13.4. The van der Waals surface area contributed by atoms with Crippen LogP contribution in [0.4, 0.5) is 0 Å². The lowest BCUT2D eigenvalue weighted by Gasteiger charge is -2.34. The van der Waals surface area contributed by atoms with Crippen molar-refractivity contribution in [2.45, 2.75) is 58.2 Å². The molecule has 2 amide bonds. The Balaban J connectivity index is 2.24. The summed E-state index contributed by atoms with van der Waals surface area (Å²) in [5, 5.41) is 25.7. The van der Waals surface area contributed by atoms with Crippen LogP contribution < -0.4 is 10.5 Å². The maximum Gasteiger partial charge on any atom is 0.248 e. The lowest BCUT2D eigenvalue weighted by Crippen LogP contribution is -2.49. The van der Waals surface area contributed by atoms with Crippen LogP contribution in [0.25, 0.3) is 0 Å². The van der Waals surface area contributed by atoms with Gasteiger partial charge in [-0.3, -0.25) is 9.59 Å². The fourth-order valence-corrected chi connectivity index (χ4v) is 4.07. The zero-order chi connectivity index (χ0) is 22.0. The Morgan fingerprint density at radius 1 is 1.41 bits per heavy atom. The van der Waals surface area contributed by atoms with Crippen molar-refractivity contribution in [2.75, 3.05) is 19.3 Å². The van der Waals surface area contributed by atoms with E-state index < -0.39 is 33.6 Å². The van der Waals surface area contributed by atoms with E-state index in [9.17, 15) is 23.1 Å². The van der Waals surface area contributed by atoms with Crippen LogP contribution in [-0.4, -0.2) is 76.7 Å². The Labute approximate surface area is 170 Å². The smallest absolute Gasteiger partial charge is 0.248 e. The molecule has 0 bridgehead atoms. The number of nitrogens with zero attached hydrogens (tertiary/aromatic N) is 4. The summed E-state index contributed by atoms with van der Waals surface area (Å²) in [6, 6.07) is -1.50. The van der Waals surface area contributed by atoms with Gasteiger partial charge in [0, 0.05) is 26.2 Å². The van der Waals surface area contributed by atoms with Crippen molar-refractivity contribution < 1.29 is 23.1 Å². The first kappa shape index (κ1) is 23.2. The van der Waals surface area contributed by atoms with Gasteiger partial charge >= 0.3 is 0 Å². The number of nitrogens with one attached hydrogen (secondary N) is 1. The van der Waals surface area contributed by atoms with Gasteiger partial charge in [0.1, 0.15) is 12.1 Å². The molecular formula is C17H30N6O5S. The highest BCUT2D eigenvalue weighted by Crippen LogP contribution is 2.34. The van der Waals surface area contributed by atoms with Crippen molar-refractivity contribution in [3.05, 3.63) is 11.9 Å². The Bertz CT molecular complexity index is 847. The second kappa shape index (κ2) is 8.76. The molecule has 164 valence electrons. The molecule has 29 heavy (non-hydrogen) atoms. The number of nitrogens with two attached hydrogens (primary N) is 1. The van der Waals surface area contributed by atoms with Crippen LogP contribution >= 0.6 is 0 Å². The lowest BCUT2D eigenvalue weighted by molar-refractivity contribution is -0.144. The molecule has 1 aliphatic heterocycles. The molecule has 4 N–H and O–H groups in total. The molecule has 0 unspecified atom stereocenters. The number of carbonyl (C=O) groups excluding carboxylic acids is 2. The molecule has 1 aromatic rings. The van der Waals surface area contributed by atoms with Gasteiger partial charge in [-0.15, -0.1) is 5.10 Å². The van der Waals surface area contributed by atoms with Gasteiger partial charge in [0.05, 0.1) is 17.6 Å². The highest BCUT2D eigenvalue weighted by molar-refractivity contribution is 7.89.